The number of nitrogens with zero attached hydrogens (tertiary/aromatic N) is 4. The molecule has 0 spiro atoms. The fourth-order valence-electron chi connectivity index (χ4n) is 2.26. The van der Waals surface area contributed by atoms with Crippen molar-refractivity contribution in [1.29, 1.82) is 0 Å². The zero-order valence-corrected chi connectivity index (χ0v) is 13.4. The van der Waals surface area contributed by atoms with E-state index in [1.165, 1.54) is 12.8 Å². The molecule has 0 aromatic carbocycles. The summed E-state index contributed by atoms with van der Waals surface area (Å²) < 4.78 is 0. The Hall–Kier alpha value is -1.21. The van der Waals surface area contributed by atoms with E-state index in [1.54, 1.807) is 22.7 Å². The molecular weight excluding hydrogens is 290 g/mol. The fourth-order valence-corrected chi connectivity index (χ4v) is 3.97. The van der Waals surface area contributed by atoms with E-state index in [2.05, 4.69) is 39.6 Å². The van der Waals surface area contributed by atoms with Gasteiger partial charge in [-0.15, -0.1) is 21.5 Å². The Labute approximate surface area is 127 Å². The van der Waals surface area contributed by atoms with E-state index in [0.29, 0.717) is 0 Å². The van der Waals surface area contributed by atoms with Crippen LogP contribution in [-0.2, 0) is 0 Å². The van der Waals surface area contributed by atoms with Crippen LogP contribution in [0.3, 0.4) is 0 Å². The molecule has 108 valence electrons. The first-order valence-electron chi connectivity index (χ1n) is 7.04. The fraction of sp³-hybridized carbons (Fsp3) is 0.615. The van der Waals surface area contributed by atoms with Crippen molar-refractivity contribution < 1.29 is 0 Å². The monoisotopic (exact) mass is 309 g/mol. The highest BCUT2D eigenvalue weighted by Crippen LogP contribution is 2.32. The molecule has 0 unspecified atom stereocenters. The van der Waals surface area contributed by atoms with Crippen molar-refractivity contribution >= 4 is 32.9 Å². The van der Waals surface area contributed by atoms with Crippen molar-refractivity contribution in [3.63, 3.8) is 0 Å². The molecule has 0 amide bonds. The number of hydrogen-bond acceptors (Lipinski definition) is 7. The van der Waals surface area contributed by atoms with Gasteiger partial charge in [-0.3, -0.25) is 0 Å². The number of thiazole rings is 1. The molecule has 3 heterocycles. The summed E-state index contributed by atoms with van der Waals surface area (Å²) in [5.74, 6) is 0.844. The first-order valence-corrected chi connectivity index (χ1v) is 8.74. The Morgan fingerprint density at radius 2 is 2.15 bits per heavy atom. The van der Waals surface area contributed by atoms with E-state index in [9.17, 15) is 0 Å². The molecule has 7 heteroatoms. The lowest BCUT2D eigenvalue weighted by molar-refractivity contribution is 0.438. The van der Waals surface area contributed by atoms with Crippen LogP contribution in [0, 0.1) is 5.92 Å². The van der Waals surface area contributed by atoms with Crippen molar-refractivity contribution in [2.24, 2.45) is 5.92 Å². The maximum atomic E-state index is 4.73. The van der Waals surface area contributed by atoms with Gasteiger partial charge in [0.05, 0.1) is 0 Å². The lowest BCUT2D eigenvalue weighted by Gasteiger charge is -2.29. The van der Waals surface area contributed by atoms with Crippen LogP contribution in [0.5, 0.6) is 0 Å². The number of aromatic nitrogens is 3. The molecule has 1 saturated heterocycles. The Balaban J connectivity index is 1.72. The summed E-state index contributed by atoms with van der Waals surface area (Å²) in [6.45, 7) is 7.48. The summed E-state index contributed by atoms with van der Waals surface area (Å²) in [5, 5.41) is 16.5. The quantitative estimate of drug-likeness (QED) is 0.939. The van der Waals surface area contributed by atoms with Crippen LogP contribution in [0.1, 0.15) is 26.7 Å². The number of anilines is 2. The number of hydrogen-bond donors (Lipinski definition) is 1. The third kappa shape index (κ3) is 2.93. The van der Waals surface area contributed by atoms with Crippen LogP contribution >= 0.6 is 22.7 Å². The van der Waals surface area contributed by atoms with Crippen LogP contribution in [0.4, 0.5) is 10.3 Å². The van der Waals surface area contributed by atoms with E-state index in [0.717, 1.165) is 46.5 Å². The smallest absolute Gasteiger partial charge is 0.206 e. The van der Waals surface area contributed by atoms with Gasteiger partial charge >= 0.3 is 0 Å². The van der Waals surface area contributed by atoms with Crippen molar-refractivity contribution in [2.75, 3.05) is 29.9 Å². The Bertz CT molecular complexity index is 557. The third-order valence-corrected chi connectivity index (χ3v) is 5.32. The van der Waals surface area contributed by atoms with E-state index >= 15 is 0 Å². The van der Waals surface area contributed by atoms with Crippen LogP contribution in [0.15, 0.2) is 5.38 Å². The van der Waals surface area contributed by atoms with E-state index in [4.69, 9.17) is 4.98 Å². The summed E-state index contributed by atoms with van der Waals surface area (Å²) in [4.78, 5) is 7.12. The minimum absolute atomic E-state index is 0.844. The number of piperidine rings is 1. The lowest BCUT2D eigenvalue weighted by atomic mass is 10.00. The molecule has 2 aromatic rings. The van der Waals surface area contributed by atoms with Gasteiger partial charge in [0.1, 0.15) is 5.69 Å². The third-order valence-electron chi connectivity index (χ3n) is 3.52. The normalized spacial score (nSPS) is 16.6. The highest BCUT2D eigenvalue weighted by Gasteiger charge is 2.19. The van der Waals surface area contributed by atoms with Crippen molar-refractivity contribution in [3.05, 3.63) is 5.38 Å². The standard InChI is InChI=1S/C13H19N5S2/c1-3-14-12-17-16-11(20-12)10-8-19-13(15-10)18-6-4-9(2)5-7-18/h8-9H,3-7H2,1-2H3,(H,14,17). The molecule has 1 fully saturated rings. The minimum Gasteiger partial charge on any atom is -0.360 e. The maximum absolute atomic E-state index is 4.73. The van der Waals surface area contributed by atoms with Crippen LogP contribution in [-0.4, -0.2) is 34.8 Å². The van der Waals surface area contributed by atoms with Gasteiger partial charge in [-0.25, -0.2) is 4.98 Å². The molecule has 0 saturated carbocycles. The average molecular weight is 309 g/mol. The molecular formula is C13H19N5S2. The van der Waals surface area contributed by atoms with Crippen molar-refractivity contribution in [1.82, 2.24) is 15.2 Å². The molecule has 20 heavy (non-hydrogen) atoms. The first-order chi connectivity index (χ1) is 9.76. The Kier molecular flexibility index (Phi) is 4.16. The molecule has 5 nitrogen and oxygen atoms in total. The lowest BCUT2D eigenvalue weighted by Crippen LogP contribution is -2.32. The van der Waals surface area contributed by atoms with Gasteiger partial charge in [-0.2, -0.15) is 0 Å². The molecule has 0 aliphatic carbocycles. The van der Waals surface area contributed by atoms with Gasteiger partial charge in [0.15, 0.2) is 10.1 Å². The zero-order valence-electron chi connectivity index (χ0n) is 11.8. The summed E-state index contributed by atoms with van der Waals surface area (Å²) in [6, 6.07) is 0. The first kappa shape index (κ1) is 13.8. The van der Waals surface area contributed by atoms with Gasteiger partial charge in [0.2, 0.25) is 5.13 Å². The molecule has 0 radical (unpaired) electrons. The maximum Gasteiger partial charge on any atom is 0.206 e. The zero-order chi connectivity index (χ0) is 13.9. The summed E-state index contributed by atoms with van der Waals surface area (Å²) >= 11 is 3.27. The Morgan fingerprint density at radius 3 is 2.90 bits per heavy atom. The second-order valence-electron chi connectivity index (χ2n) is 5.13. The van der Waals surface area contributed by atoms with Gasteiger partial charge in [-0.05, 0) is 25.7 Å². The second-order valence-corrected chi connectivity index (χ2v) is 6.94. The molecule has 1 aliphatic heterocycles. The second kappa shape index (κ2) is 6.05. The van der Waals surface area contributed by atoms with Crippen molar-refractivity contribution in [2.45, 2.75) is 26.7 Å². The molecule has 0 atom stereocenters. The summed E-state index contributed by atoms with van der Waals surface area (Å²) in [6.07, 6.45) is 2.52. The predicted molar refractivity (Wildman–Crippen MR) is 85.8 cm³/mol. The van der Waals surface area contributed by atoms with Crippen LogP contribution in [0.2, 0.25) is 0 Å². The van der Waals surface area contributed by atoms with Crippen LogP contribution < -0.4 is 10.2 Å². The Morgan fingerprint density at radius 1 is 1.35 bits per heavy atom. The molecule has 1 N–H and O–H groups in total. The van der Waals surface area contributed by atoms with Crippen LogP contribution in [0.25, 0.3) is 10.7 Å². The van der Waals surface area contributed by atoms with Gasteiger partial charge in [0, 0.05) is 25.0 Å². The molecule has 2 aromatic heterocycles. The van der Waals surface area contributed by atoms with Gasteiger partial charge in [-0.1, -0.05) is 18.3 Å². The largest absolute Gasteiger partial charge is 0.360 e. The molecule has 0 bridgehead atoms. The highest BCUT2D eigenvalue weighted by molar-refractivity contribution is 7.19. The SMILES string of the molecule is CCNc1nnc(-c2csc(N3CCC(C)CC3)n2)s1. The topological polar surface area (TPSA) is 53.9 Å². The predicted octanol–water partition coefficient (Wildman–Crippen LogP) is 3.33. The minimum atomic E-state index is 0.844. The van der Waals surface area contributed by atoms with Gasteiger partial charge in [0.25, 0.3) is 0 Å². The van der Waals surface area contributed by atoms with E-state index in [1.807, 2.05) is 0 Å². The number of rotatable bonds is 4. The number of nitrogens with one attached hydrogen (secondary N) is 1. The average Bonchev–Trinajstić information content (AvgIpc) is 3.08. The van der Waals surface area contributed by atoms with Crippen molar-refractivity contribution in [3.8, 4) is 10.7 Å². The highest BCUT2D eigenvalue weighted by atomic mass is 32.1. The van der Waals surface area contributed by atoms with E-state index in [-0.39, 0.29) is 0 Å². The van der Waals surface area contributed by atoms with E-state index < -0.39 is 0 Å². The van der Waals surface area contributed by atoms with Gasteiger partial charge < -0.3 is 10.2 Å². The molecule has 3 rings (SSSR count). The summed E-state index contributed by atoms with van der Waals surface area (Å²) in [7, 11) is 0. The molecule has 1 aliphatic rings. The summed E-state index contributed by atoms with van der Waals surface area (Å²) in [5.41, 5.74) is 0.949.